The molecular formula is C27H33N5O5. The van der Waals surface area contributed by atoms with E-state index in [1.54, 1.807) is 48.4 Å². The molecule has 196 valence electrons. The zero-order valence-electron chi connectivity index (χ0n) is 21.4. The molecule has 0 saturated carbocycles. The van der Waals surface area contributed by atoms with Crippen molar-refractivity contribution < 1.29 is 23.9 Å². The van der Waals surface area contributed by atoms with E-state index in [0.717, 1.165) is 12.1 Å². The molecule has 2 saturated heterocycles. The molecule has 2 aliphatic rings. The molecule has 2 N–H and O–H groups in total. The summed E-state index contributed by atoms with van der Waals surface area (Å²) < 4.78 is 5.17. The van der Waals surface area contributed by atoms with Gasteiger partial charge in [-0.25, -0.2) is 0 Å². The molecule has 2 aliphatic heterocycles. The summed E-state index contributed by atoms with van der Waals surface area (Å²) in [5.74, 6) is -0.588. The summed E-state index contributed by atoms with van der Waals surface area (Å²) >= 11 is 0. The van der Waals surface area contributed by atoms with E-state index < -0.39 is 18.0 Å². The topological polar surface area (TPSA) is 111 Å². The molecule has 37 heavy (non-hydrogen) atoms. The Morgan fingerprint density at radius 1 is 0.973 bits per heavy atom. The Bertz CT molecular complexity index is 1150. The number of rotatable bonds is 6. The predicted octanol–water partition coefficient (Wildman–Crippen LogP) is 1.12. The van der Waals surface area contributed by atoms with Crippen LogP contribution in [0.1, 0.15) is 33.6 Å². The average Bonchev–Trinajstić information content (AvgIpc) is 2.93. The lowest BCUT2D eigenvalue weighted by Gasteiger charge is -2.41. The number of carbonyl (C=O) groups is 4. The van der Waals surface area contributed by atoms with Gasteiger partial charge in [-0.05, 0) is 61.4 Å². The van der Waals surface area contributed by atoms with E-state index >= 15 is 0 Å². The van der Waals surface area contributed by atoms with E-state index in [1.165, 1.54) is 4.90 Å². The van der Waals surface area contributed by atoms with Crippen LogP contribution in [0.4, 0.5) is 5.69 Å². The number of hydrogen-bond acceptors (Lipinski definition) is 6. The fraction of sp³-hybridized carbons (Fsp3) is 0.407. The van der Waals surface area contributed by atoms with Crippen LogP contribution in [-0.4, -0.2) is 92.9 Å². The molecule has 10 nitrogen and oxygen atoms in total. The number of amides is 4. The molecule has 2 aromatic rings. The lowest BCUT2D eigenvalue weighted by atomic mass is 10.0. The minimum atomic E-state index is -0.938. The highest BCUT2D eigenvalue weighted by molar-refractivity contribution is 6.00. The Kier molecular flexibility index (Phi) is 7.95. The molecule has 2 fully saturated rings. The monoisotopic (exact) mass is 507 g/mol. The molecule has 0 spiro atoms. The Morgan fingerprint density at radius 2 is 1.62 bits per heavy atom. The van der Waals surface area contributed by atoms with Crippen LogP contribution in [0, 0.1) is 0 Å². The maximum absolute atomic E-state index is 13.5. The number of benzene rings is 2. The smallest absolute Gasteiger partial charge is 0.254 e. The largest absolute Gasteiger partial charge is 0.497 e. The maximum Gasteiger partial charge on any atom is 0.254 e. The zero-order chi connectivity index (χ0) is 26.5. The number of carbonyl (C=O) groups excluding carboxylic acids is 4. The fourth-order valence-electron chi connectivity index (χ4n) is 4.60. The molecule has 0 bridgehead atoms. The van der Waals surface area contributed by atoms with Crippen molar-refractivity contribution in [3.05, 3.63) is 59.7 Å². The first-order valence-corrected chi connectivity index (χ1v) is 12.4. The van der Waals surface area contributed by atoms with Gasteiger partial charge >= 0.3 is 0 Å². The zero-order valence-corrected chi connectivity index (χ0v) is 21.4. The first-order valence-electron chi connectivity index (χ1n) is 12.4. The van der Waals surface area contributed by atoms with Gasteiger partial charge in [0.05, 0.1) is 13.7 Å². The van der Waals surface area contributed by atoms with Gasteiger partial charge in [-0.15, -0.1) is 0 Å². The fourth-order valence-corrected chi connectivity index (χ4v) is 4.60. The van der Waals surface area contributed by atoms with E-state index in [2.05, 4.69) is 10.6 Å². The lowest BCUT2D eigenvalue weighted by molar-refractivity contribution is -0.133. The van der Waals surface area contributed by atoms with Gasteiger partial charge in [-0.2, -0.15) is 0 Å². The lowest BCUT2D eigenvalue weighted by Crippen LogP contribution is -2.63. The first kappa shape index (κ1) is 26.0. The quantitative estimate of drug-likeness (QED) is 0.606. The van der Waals surface area contributed by atoms with Crippen molar-refractivity contribution in [1.29, 1.82) is 0 Å². The molecule has 0 aliphatic carbocycles. The first-order chi connectivity index (χ1) is 17.8. The molecule has 2 atom stereocenters. The summed E-state index contributed by atoms with van der Waals surface area (Å²) in [6.45, 7) is 1.06. The van der Waals surface area contributed by atoms with Crippen LogP contribution < -0.4 is 20.3 Å². The summed E-state index contributed by atoms with van der Waals surface area (Å²) in [6.07, 6.45) is 1.28. The summed E-state index contributed by atoms with van der Waals surface area (Å²) in [6, 6.07) is 12.3. The Labute approximate surface area is 216 Å². The number of nitrogens with zero attached hydrogens (tertiary/aromatic N) is 3. The van der Waals surface area contributed by atoms with E-state index in [0.29, 0.717) is 29.8 Å². The Balaban J connectivity index is 1.56. The van der Waals surface area contributed by atoms with Crippen LogP contribution in [0.15, 0.2) is 48.5 Å². The van der Waals surface area contributed by atoms with Crippen molar-refractivity contribution in [1.82, 2.24) is 20.4 Å². The third-order valence-corrected chi connectivity index (χ3v) is 6.80. The number of piperidine rings is 1. The summed E-state index contributed by atoms with van der Waals surface area (Å²) in [4.78, 5) is 57.5. The van der Waals surface area contributed by atoms with Gasteiger partial charge in [-0.3, -0.25) is 19.2 Å². The van der Waals surface area contributed by atoms with Crippen LogP contribution in [0.3, 0.4) is 0 Å². The van der Waals surface area contributed by atoms with Crippen LogP contribution in [0.25, 0.3) is 0 Å². The number of ether oxygens (including phenoxy) is 1. The number of hydrogen-bond donors (Lipinski definition) is 2. The molecule has 0 aromatic heterocycles. The summed E-state index contributed by atoms with van der Waals surface area (Å²) in [7, 11) is 5.38. The van der Waals surface area contributed by atoms with Gasteiger partial charge in [0.1, 0.15) is 17.8 Å². The molecular weight excluding hydrogens is 474 g/mol. The number of piperazine rings is 1. The van der Waals surface area contributed by atoms with E-state index in [1.807, 2.05) is 31.1 Å². The highest BCUT2D eigenvalue weighted by Crippen LogP contribution is 2.20. The number of nitrogens with one attached hydrogen (secondary N) is 2. The maximum atomic E-state index is 13.5. The summed E-state index contributed by atoms with van der Waals surface area (Å²) in [5.41, 5.74) is 1.86. The van der Waals surface area contributed by atoms with Gasteiger partial charge < -0.3 is 30.1 Å². The normalized spacial score (nSPS) is 19.6. The van der Waals surface area contributed by atoms with Crippen molar-refractivity contribution in [2.24, 2.45) is 0 Å². The predicted molar refractivity (Wildman–Crippen MR) is 139 cm³/mol. The van der Waals surface area contributed by atoms with Crippen LogP contribution in [-0.2, 0) is 9.59 Å². The van der Waals surface area contributed by atoms with Crippen LogP contribution in [0.5, 0.6) is 5.75 Å². The average molecular weight is 508 g/mol. The van der Waals surface area contributed by atoms with E-state index in [4.69, 9.17) is 4.74 Å². The van der Waals surface area contributed by atoms with Gasteiger partial charge in [0.2, 0.25) is 11.8 Å². The van der Waals surface area contributed by atoms with Crippen molar-refractivity contribution in [2.45, 2.75) is 24.9 Å². The third-order valence-electron chi connectivity index (χ3n) is 6.80. The number of methoxy groups -OCH3 is 1. The molecule has 10 heteroatoms. The highest BCUT2D eigenvalue weighted by atomic mass is 16.5. The standard InChI is InChI=1S/C27H33N5O5/c1-30(2)20-10-6-19(7-11-20)27(36)32-16-15-31(26(35)18-8-12-21(37-3)13-9-18)17-23(32)25(34)29-22-5-4-14-28-24(22)33/h6-13,22-23H,4-5,14-17H2,1-3H3,(H,28,33)(H,29,34). The van der Waals surface area contributed by atoms with Gasteiger partial charge in [-0.1, -0.05) is 0 Å². The van der Waals surface area contributed by atoms with Gasteiger partial charge in [0.15, 0.2) is 0 Å². The second-order valence-corrected chi connectivity index (χ2v) is 9.43. The van der Waals surface area contributed by atoms with Crippen molar-refractivity contribution in [3.8, 4) is 5.75 Å². The van der Waals surface area contributed by atoms with Crippen molar-refractivity contribution in [3.63, 3.8) is 0 Å². The number of anilines is 1. The van der Waals surface area contributed by atoms with E-state index in [-0.39, 0.29) is 37.4 Å². The molecule has 2 unspecified atom stereocenters. The Hall–Kier alpha value is -4.08. The molecule has 4 rings (SSSR count). The minimum absolute atomic E-state index is 0.0204. The van der Waals surface area contributed by atoms with Crippen LogP contribution >= 0.6 is 0 Å². The summed E-state index contributed by atoms with van der Waals surface area (Å²) in [5, 5.41) is 5.57. The van der Waals surface area contributed by atoms with Gasteiger partial charge in [0.25, 0.3) is 11.8 Å². The van der Waals surface area contributed by atoms with Crippen molar-refractivity contribution >= 4 is 29.3 Å². The highest BCUT2D eigenvalue weighted by Gasteiger charge is 2.39. The second kappa shape index (κ2) is 11.3. The molecule has 4 amide bonds. The Morgan fingerprint density at radius 3 is 2.24 bits per heavy atom. The van der Waals surface area contributed by atoms with Gasteiger partial charge in [0, 0.05) is 50.5 Å². The molecule has 2 aromatic carbocycles. The molecule has 0 radical (unpaired) electrons. The SMILES string of the molecule is COc1ccc(C(=O)N2CCN(C(=O)c3ccc(N(C)C)cc3)C(C(=O)NC3CCCNC3=O)C2)cc1. The third kappa shape index (κ3) is 5.84. The van der Waals surface area contributed by atoms with Crippen molar-refractivity contribution in [2.75, 3.05) is 52.3 Å². The minimum Gasteiger partial charge on any atom is -0.497 e. The van der Waals surface area contributed by atoms with E-state index in [9.17, 15) is 19.2 Å². The second-order valence-electron chi connectivity index (χ2n) is 9.43. The molecule has 2 heterocycles. The van der Waals surface area contributed by atoms with Crippen LogP contribution in [0.2, 0.25) is 0 Å².